The summed E-state index contributed by atoms with van der Waals surface area (Å²) in [4.78, 5) is 1.83. The molecule has 0 amide bonds. The third-order valence-corrected chi connectivity index (χ3v) is 4.24. The second-order valence-electron chi connectivity index (χ2n) is 5.97. The second-order valence-corrected chi connectivity index (χ2v) is 5.97. The molecule has 6 nitrogen and oxygen atoms in total. The van der Waals surface area contributed by atoms with Crippen molar-refractivity contribution in [2.24, 2.45) is 0 Å². The summed E-state index contributed by atoms with van der Waals surface area (Å²) in [5.41, 5.74) is 0. The second kappa shape index (κ2) is 9.71. The molecule has 1 saturated heterocycles. The SMILES string of the molecule is CCCCCCCCN(C)[C@H]1C(O)O[C@H](CO)[C@@H](O)[C@@H]1O. The lowest BCUT2D eigenvalue weighted by Crippen LogP contribution is -2.63. The van der Waals surface area contributed by atoms with Gasteiger partial charge in [0.25, 0.3) is 0 Å². The highest BCUT2D eigenvalue weighted by Gasteiger charge is 2.45. The monoisotopic (exact) mass is 305 g/mol. The summed E-state index contributed by atoms with van der Waals surface area (Å²) < 4.78 is 5.17. The number of aliphatic hydroxyl groups is 4. The zero-order valence-electron chi connectivity index (χ0n) is 13.2. The van der Waals surface area contributed by atoms with Crippen molar-refractivity contribution in [3.63, 3.8) is 0 Å². The summed E-state index contributed by atoms with van der Waals surface area (Å²) >= 11 is 0. The first-order chi connectivity index (χ1) is 10.0. The number of aliphatic hydroxyl groups excluding tert-OH is 4. The Morgan fingerprint density at radius 1 is 0.952 bits per heavy atom. The number of likely N-dealkylation sites (N-methyl/N-ethyl adjacent to an activating group) is 1. The van der Waals surface area contributed by atoms with Crippen molar-refractivity contribution >= 4 is 0 Å². The van der Waals surface area contributed by atoms with Crippen molar-refractivity contribution in [2.75, 3.05) is 20.2 Å². The quantitative estimate of drug-likeness (QED) is 0.451. The van der Waals surface area contributed by atoms with E-state index in [1.54, 1.807) is 7.05 Å². The third-order valence-electron chi connectivity index (χ3n) is 4.24. The van der Waals surface area contributed by atoms with Gasteiger partial charge < -0.3 is 25.2 Å². The van der Waals surface area contributed by atoms with Crippen LogP contribution in [0.2, 0.25) is 0 Å². The highest BCUT2D eigenvalue weighted by Crippen LogP contribution is 2.23. The van der Waals surface area contributed by atoms with Crippen LogP contribution in [0.3, 0.4) is 0 Å². The standard InChI is InChI=1S/C15H31NO5/c1-3-4-5-6-7-8-9-16(2)12-14(19)13(18)11(10-17)21-15(12)20/h11-15,17-20H,3-10H2,1-2H3/t11-,12-,13-,14-,15?/m1/s1. The molecule has 1 aliphatic heterocycles. The molecule has 1 fully saturated rings. The van der Waals surface area contributed by atoms with Gasteiger partial charge in [0, 0.05) is 0 Å². The molecule has 0 spiro atoms. The normalized spacial score (nSPS) is 33.6. The highest BCUT2D eigenvalue weighted by atomic mass is 16.6. The van der Waals surface area contributed by atoms with Gasteiger partial charge in [0.1, 0.15) is 18.3 Å². The van der Waals surface area contributed by atoms with Crippen molar-refractivity contribution in [1.29, 1.82) is 0 Å². The predicted octanol–water partition coefficient (Wildman–Crippen LogP) is 0.0786. The van der Waals surface area contributed by atoms with Crippen molar-refractivity contribution in [2.45, 2.75) is 76.1 Å². The summed E-state index contributed by atoms with van der Waals surface area (Å²) in [6.07, 6.45) is 2.57. The zero-order chi connectivity index (χ0) is 15.8. The molecule has 126 valence electrons. The predicted molar refractivity (Wildman–Crippen MR) is 79.8 cm³/mol. The first kappa shape index (κ1) is 18.8. The molecule has 0 aromatic carbocycles. The van der Waals surface area contributed by atoms with E-state index in [4.69, 9.17) is 9.84 Å². The van der Waals surface area contributed by atoms with Gasteiger partial charge in [0.15, 0.2) is 6.29 Å². The van der Waals surface area contributed by atoms with Crippen molar-refractivity contribution < 1.29 is 25.2 Å². The minimum Gasteiger partial charge on any atom is -0.394 e. The first-order valence-electron chi connectivity index (χ1n) is 8.03. The fourth-order valence-corrected chi connectivity index (χ4v) is 2.85. The van der Waals surface area contributed by atoms with Gasteiger partial charge in [-0.1, -0.05) is 39.0 Å². The van der Waals surface area contributed by atoms with Gasteiger partial charge >= 0.3 is 0 Å². The molecule has 4 N–H and O–H groups in total. The van der Waals surface area contributed by atoms with Gasteiger partial charge in [-0.2, -0.15) is 0 Å². The van der Waals surface area contributed by atoms with E-state index in [1.807, 2.05) is 4.90 Å². The molecular weight excluding hydrogens is 274 g/mol. The number of hydrogen-bond acceptors (Lipinski definition) is 6. The molecule has 0 bridgehead atoms. The van der Waals surface area contributed by atoms with Crippen LogP contribution in [0.1, 0.15) is 45.4 Å². The van der Waals surface area contributed by atoms with Gasteiger partial charge in [-0.15, -0.1) is 0 Å². The Morgan fingerprint density at radius 3 is 2.19 bits per heavy atom. The maximum absolute atomic E-state index is 10.1. The average molecular weight is 305 g/mol. The van der Waals surface area contributed by atoms with Crippen LogP contribution in [0.15, 0.2) is 0 Å². The molecule has 6 heteroatoms. The van der Waals surface area contributed by atoms with E-state index in [9.17, 15) is 15.3 Å². The molecule has 21 heavy (non-hydrogen) atoms. The Labute approximate surface area is 127 Å². The first-order valence-corrected chi connectivity index (χ1v) is 8.03. The molecule has 1 rings (SSSR count). The lowest BCUT2D eigenvalue weighted by atomic mass is 9.96. The molecule has 0 aromatic rings. The summed E-state index contributed by atoms with van der Waals surface area (Å²) in [6, 6.07) is -0.668. The summed E-state index contributed by atoms with van der Waals surface area (Å²) in [7, 11) is 1.80. The van der Waals surface area contributed by atoms with E-state index in [0.717, 1.165) is 19.4 Å². The van der Waals surface area contributed by atoms with E-state index < -0.39 is 37.3 Å². The van der Waals surface area contributed by atoms with Crippen LogP contribution in [-0.2, 0) is 4.74 Å². The fourth-order valence-electron chi connectivity index (χ4n) is 2.85. The summed E-state index contributed by atoms with van der Waals surface area (Å²) in [5.74, 6) is 0. The van der Waals surface area contributed by atoms with Crippen LogP contribution in [0.5, 0.6) is 0 Å². The number of unbranched alkanes of at least 4 members (excludes halogenated alkanes) is 5. The number of ether oxygens (including phenoxy) is 1. The van der Waals surface area contributed by atoms with Gasteiger partial charge in [-0.25, -0.2) is 0 Å². The average Bonchev–Trinajstić information content (AvgIpc) is 2.46. The highest BCUT2D eigenvalue weighted by molar-refractivity contribution is 4.93. The summed E-state index contributed by atoms with van der Waals surface area (Å²) in [6.45, 7) is 2.48. The Morgan fingerprint density at radius 2 is 1.57 bits per heavy atom. The zero-order valence-corrected chi connectivity index (χ0v) is 13.2. The molecule has 1 aliphatic rings. The third kappa shape index (κ3) is 5.47. The molecule has 0 aromatic heterocycles. The van der Waals surface area contributed by atoms with E-state index >= 15 is 0 Å². The van der Waals surface area contributed by atoms with Crippen LogP contribution in [0, 0.1) is 0 Å². The number of nitrogens with zero attached hydrogens (tertiary/aromatic N) is 1. The van der Waals surface area contributed by atoms with Crippen molar-refractivity contribution in [3.8, 4) is 0 Å². The van der Waals surface area contributed by atoms with Crippen molar-refractivity contribution in [3.05, 3.63) is 0 Å². The maximum atomic E-state index is 10.1. The van der Waals surface area contributed by atoms with E-state index in [-0.39, 0.29) is 0 Å². The number of hydrogen-bond donors (Lipinski definition) is 4. The Kier molecular flexibility index (Phi) is 8.70. The van der Waals surface area contributed by atoms with Gasteiger partial charge in [0.2, 0.25) is 0 Å². The van der Waals surface area contributed by atoms with E-state index in [2.05, 4.69) is 6.92 Å². The Bertz CT molecular complexity index is 279. The largest absolute Gasteiger partial charge is 0.394 e. The Balaban J connectivity index is 2.36. The van der Waals surface area contributed by atoms with Crippen LogP contribution in [0.25, 0.3) is 0 Å². The fraction of sp³-hybridized carbons (Fsp3) is 1.00. The minimum absolute atomic E-state index is 0.427. The Hall–Kier alpha value is -0.240. The molecular formula is C15H31NO5. The van der Waals surface area contributed by atoms with Crippen molar-refractivity contribution in [1.82, 2.24) is 4.90 Å². The lowest BCUT2D eigenvalue weighted by Gasteiger charge is -2.44. The van der Waals surface area contributed by atoms with E-state index in [1.165, 1.54) is 25.7 Å². The van der Waals surface area contributed by atoms with Crippen LogP contribution < -0.4 is 0 Å². The van der Waals surface area contributed by atoms with Gasteiger partial charge in [-0.3, -0.25) is 4.90 Å². The minimum atomic E-state index is -1.20. The molecule has 0 saturated carbocycles. The molecule has 5 atom stereocenters. The maximum Gasteiger partial charge on any atom is 0.173 e. The van der Waals surface area contributed by atoms with Gasteiger partial charge in [-0.05, 0) is 20.0 Å². The lowest BCUT2D eigenvalue weighted by molar-refractivity contribution is -0.270. The summed E-state index contributed by atoms with van der Waals surface area (Å²) in [5, 5.41) is 39.0. The molecule has 1 unspecified atom stereocenters. The van der Waals surface area contributed by atoms with E-state index in [0.29, 0.717) is 0 Å². The topological polar surface area (TPSA) is 93.4 Å². The molecule has 1 heterocycles. The molecule has 0 aliphatic carbocycles. The number of rotatable bonds is 9. The van der Waals surface area contributed by atoms with Crippen LogP contribution in [0.4, 0.5) is 0 Å². The van der Waals surface area contributed by atoms with Gasteiger partial charge in [0.05, 0.1) is 12.6 Å². The smallest absolute Gasteiger partial charge is 0.173 e. The van der Waals surface area contributed by atoms with Crippen LogP contribution in [-0.4, -0.2) is 76.2 Å². The molecule has 0 radical (unpaired) electrons. The van der Waals surface area contributed by atoms with Crippen LogP contribution >= 0.6 is 0 Å².